The van der Waals surface area contributed by atoms with E-state index in [-0.39, 0.29) is 30.6 Å². The minimum Gasteiger partial charge on any atom is -0.497 e. The molecule has 2 N–H and O–H groups in total. The maximum absolute atomic E-state index is 14.1. The number of halogens is 3. The lowest BCUT2D eigenvalue weighted by molar-refractivity contribution is 0.115. The lowest BCUT2D eigenvalue weighted by Crippen LogP contribution is -2.52. The zero-order valence-corrected chi connectivity index (χ0v) is 23.2. The van der Waals surface area contributed by atoms with Crippen LogP contribution in [0.15, 0.2) is 78.2 Å². The zero-order chi connectivity index (χ0) is 24.6. The first-order valence-electron chi connectivity index (χ1n) is 12.6. The number of hydrogen-bond donors (Lipinski definition) is 2. The molecule has 0 bridgehead atoms. The molecule has 3 aliphatic rings. The van der Waals surface area contributed by atoms with Crippen molar-refractivity contribution in [3.63, 3.8) is 0 Å². The molecule has 8 heteroatoms. The van der Waals surface area contributed by atoms with Crippen LogP contribution in [0.2, 0.25) is 0 Å². The Bertz CT molecular complexity index is 1380. The molecule has 0 spiro atoms. The molecule has 3 aromatic carbocycles. The second-order valence-electron chi connectivity index (χ2n) is 9.78. The van der Waals surface area contributed by atoms with Crippen molar-refractivity contribution in [1.29, 1.82) is 0 Å². The van der Waals surface area contributed by atoms with Gasteiger partial charge in [-0.15, -0.1) is 24.8 Å². The average molecular weight is 556 g/mol. The van der Waals surface area contributed by atoms with Crippen molar-refractivity contribution in [3.05, 3.63) is 101 Å². The molecular weight excluding hydrogens is 522 g/mol. The van der Waals surface area contributed by atoms with Crippen molar-refractivity contribution in [2.45, 2.75) is 18.9 Å². The number of allylic oxidation sites excluding steroid dienone is 1. The van der Waals surface area contributed by atoms with Gasteiger partial charge >= 0.3 is 0 Å². The van der Waals surface area contributed by atoms with Gasteiger partial charge in [-0.2, -0.15) is 0 Å². The van der Waals surface area contributed by atoms with Crippen molar-refractivity contribution in [2.24, 2.45) is 0 Å². The number of likely N-dealkylation sites (N-methyl/N-ethyl adjacent to an activating group) is 1. The molecule has 0 unspecified atom stereocenters. The number of benzene rings is 3. The lowest BCUT2D eigenvalue weighted by atomic mass is 10.0. The summed E-state index contributed by atoms with van der Waals surface area (Å²) in [6, 6.07) is 22.1. The fourth-order valence-electron chi connectivity index (χ4n) is 5.50. The minimum absolute atomic E-state index is 0. The third-order valence-electron chi connectivity index (χ3n) is 7.53. The van der Waals surface area contributed by atoms with Gasteiger partial charge in [-0.1, -0.05) is 36.4 Å². The number of nitrogens with zero attached hydrogens (tertiary/aromatic N) is 2. The van der Waals surface area contributed by atoms with Gasteiger partial charge in [0, 0.05) is 31.2 Å². The second-order valence-corrected chi connectivity index (χ2v) is 9.78. The predicted octanol–water partition coefficient (Wildman–Crippen LogP) is 6.49. The van der Waals surface area contributed by atoms with Crippen molar-refractivity contribution in [1.82, 2.24) is 9.80 Å². The number of rotatable bonds is 5. The Morgan fingerprint density at radius 1 is 0.947 bits per heavy atom. The Morgan fingerprint density at radius 3 is 2.63 bits per heavy atom. The first kappa shape index (κ1) is 27.8. The number of piperazine rings is 1. The number of methoxy groups -OCH3 is 1. The summed E-state index contributed by atoms with van der Waals surface area (Å²) in [4.78, 5) is 4.95. The van der Waals surface area contributed by atoms with E-state index in [2.05, 4.69) is 76.0 Å². The van der Waals surface area contributed by atoms with Gasteiger partial charge in [-0.25, -0.2) is 4.39 Å². The Kier molecular flexibility index (Phi) is 8.56. The summed E-state index contributed by atoms with van der Waals surface area (Å²) >= 11 is 0. The number of anilines is 2. The van der Waals surface area contributed by atoms with Crippen molar-refractivity contribution in [3.8, 4) is 5.75 Å². The Labute approximate surface area is 236 Å². The molecule has 200 valence electrons. The first-order chi connectivity index (χ1) is 17.6. The summed E-state index contributed by atoms with van der Waals surface area (Å²) in [5.74, 6) is 1.74. The van der Waals surface area contributed by atoms with E-state index in [0.717, 1.165) is 66.7 Å². The van der Waals surface area contributed by atoms with Crippen molar-refractivity contribution >= 4 is 47.8 Å². The molecule has 1 saturated heterocycles. The largest absolute Gasteiger partial charge is 0.497 e. The van der Waals surface area contributed by atoms with Crippen LogP contribution in [0.25, 0.3) is 11.6 Å². The monoisotopic (exact) mass is 554 g/mol. The highest BCUT2D eigenvalue weighted by molar-refractivity contribution is 6.01. The highest BCUT2D eigenvalue weighted by Crippen LogP contribution is 2.43. The predicted molar refractivity (Wildman–Crippen MR) is 159 cm³/mol. The van der Waals surface area contributed by atoms with Crippen molar-refractivity contribution < 1.29 is 9.13 Å². The Balaban J connectivity index is 0.00000168. The van der Waals surface area contributed by atoms with E-state index in [0.29, 0.717) is 6.04 Å². The number of ether oxygens (including phenoxy) is 1. The molecule has 1 atom stereocenters. The normalized spacial score (nSPS) is 17.9. The minimum atomic E-state index is -0.249. The van der Waals surface area contributed by atoms with E-state index in [1.807, 2.05) is 12.1 Å². The molecule has 3 aromatic rings. The number of hydrogen-bond acceptors (Lipinski definition) is 5. The summed E-state index contributed by atoms with van der Waals surface area (Å²) in [5, 5.41) is 7.20. The Hall–Kier alpha value is -3.19. The fourth-order valence-corrected chi connectivity index (χ4v) is 5.50. The molecule has 0 radical (unpaired) electrons. The number of aryl methyl sites for hydroxylation is 1. The molecule has 1 aliphatic carbocycles. The summed E-state index contributed by atoms with van der Waals surface area (Å²) in [6.07, 6.45) is 4.22. The van der Waals surface area contributed by atoms with Gasteiger partial charge in [0.2, 0.25) is 0 Å². The van der Waals surface area contributed by atoms with E-state index < -0.39 is 0 Å². The van der Waals surface area contributed by atoms with Crippen LogP contribution < -0.4 is 15.4 Å². The topological polar surface area (TPSA) is 39.8 Å². The molecule has 2 heterocycles. The lowest BCUT2D eigenvalue weighted by Gasteiger charge is -2.42. The van der Waals surface area contributed by atoms with Gasteiger partial charge in [0.1, 0.15) is 17.4 Å². The van der Waals surface area contributed by atoms with Crippen LogP contribution in [0.4, 0.5) is 15.8 Å². The van der Waals surface area contributed by atoms with Crippen LogP contribution in [-0.2, 0) is 6.42 Å². The van der Waals surface area contributed by atoms with E-state index >= 15 is 0 Å². The zero-order valence-electron chi connectivity index (χ0n) is 21.5. The highest BCUT2D eigenvalue weighted by Gasteiger charge is 2.32. The van der Waals surface area contributed by atoms with Gasteiger partial charge in [0.15, 0.2) is 0 Å². The molecular formula is C30H33Cl2FN4O. The van der Waals surface area contributed by atoms with Crippen LogP contribution in [0, 0.1) is 5.82 Å². The molecule has 5 nitrogen and oxygen atoms in total. The molecule has 2 aliphatic heterocycles. The molecule has 6 rings (SSSR count). The standard InChI is InChI=1S/C30H31FN4O.2ClH/c1-34-14-15-35(19-23(34)12-10-20-6-5-8-24(16-20)36-2)30-29-25-9-4-3-7-21(25)17-28(29)32-27-18-22(31)11-13-26(27)33-30;;/h3-9,11,13,16-18,23,32-33H,10,12,14-15,19H2,1-2H3;2*1H/t23-;;/m0../s1. The summed E-state index contributed by atoms with van der Waals surface area (Å²) < 4.78 is 19.5. The first-order valence-corrected chi connectivity index (χ1v) is 12.6. The second kappa shape index (κ2) is 11.7. The fraction of sp³-hybridized carbons (Fsp3) is 0.267. The molecule has 38 heavy (non-hydrogen) atoms. The van der Waals surface area contributed by atoms with E-state index in [1.165, 1.54) is 22.8 Å². The number of fused-ring (bicyclic) bond motifs is 4. The summed E-state index contributed by atoms with van der Waals surface area (Å²) in [6.45, 7) is 2.81. The van der Waals surface area contributed by atoms with Gasteiger partial charge in [0.05, 0.1) is 24.2 Å². The van der Waals surface area contributed by atoms with E-state index in [4.69, 9.17) is 4.74 Å². The third-order valence-corrected chi connectivity index (χ3v) is 7.53. The average Bonchev–Trinajstić information content (AvgIpc) is 3.17. The Morgan fingerprint density at radius 2 is 1.79 bits per heavy atom. The maximum Gasteiger partial charge on any atom is 0.125 e. The highest BCUT2D eigenvalue weighted by atomic mass is 35.5. The molecule has 0 aromatic heterocycles. The molecule has 0 saturated carbocycles. The van der Waals surface area contributed by atoms with Gasteiger partial charge < -0.3 is 20.3 Å². The van der Waals surface area contributed by atoms with Crippen LogP contribution in [0.3, 0.4) is 0 Å². The smallest absolute Gasteiger partial charge is 0.125 e. The summed E-state index contributed by atoms with van der Waals surface area (Å²) in [7, 11) is 3.94. The van der Waals surface area contributed by atoms with Crippen LogP contribution in [-0.4, -0.2) is 49.6 Å². The third kappa shape index (κ3) is 5.35. The van der Waals surface area contributed by atoms with Gasteiger partial charge in [0.25, 0.3) is 0 Å². The number of nitrogens with one attached hydrogen (secondary N) is 2. The van der Waals surface area contributed by atoms with Crippen LogP contribution in [0.1, 0.15) is 23.1 Å². The van der Waals surface area contributed by atoms with E-state index in [1.54, 1.807) is 13.2 Å². The van der Waals surface area contributed by atoms with Crippen molar-refractivity contribution in [2.75, 3.05) is 44.4 Å². The maximum atomic E-state index is 14.1. The van der Waals surface area contributed by atoms with Crippen LogP contribution in [0.5, 0.6) is 5.75 Å². The van der Waals surface area contributed by atoms with Gasteiger partial charge in [-0.05, 0) is 73.0 Å². The molecule has 1 fully saturated rings. The van der Waals surface area contributed by atoms with E-state index in [9.17, 15) is 4.39 Å². The molecule has 0 amide bonds. The quantitative estimate of drug-likeness (QED) is 0.377. The van der Waals surface area contributed by atoms with Gasteiger partial charge in [-0.3, -0.25) is 4.90 Å². The SMILES string of the molecule is COc1cccc(CC[C@H]2CN(C3=C4C(=Cc5ccccc54)Nc4cc(F)ccc4N3)CCN2C)c1.Cl.Cl. The summed E-state index contributed by atoms with van der Waals surface area (Å²) in [5.41, 5.74) is 7.47. The van der Waals surface area contributed by atoms with Crippen LogP contribution >= 0.6 is 24.8 Å².